The van der Waals surface area contributed by atoms with E-state index in [0.29, 0.717) is 24.6 Å². The minimum Gasteiger partial charge on any atom is -0.493 e. The number of hydrogen-bond acceptors (Lipinski definition) is 4. The molecule has 0 unspecified atom stereocenters. The highest BCUT2D eigenvalue weighted by Gasteiger charge is 2.04. The van der Waals surface area contributed by atoms with Crippen molar-refractivity contribution in [3.8, 4) is 11.5 Å². The van der Waals surface area contributed by atoms with Crippen molar-refractivity contribution in [1.29, 1.82) is 0 Å². The standard InChI is InChI=1S/C17H21N3O3/c1-22-15-7-2-3-8-16(15)23-12-20-17(21)19-11-14-6-4-5-13(9-14)10-18/h2-9H,10-12,18H2,1H3,(H2,19,20,21). The number of ether oxygens (including phenoxy) is 2. The first-order chi connectivity index (χ1) is 11.2. The van der Waals surface area contributed by atoms with Crippen molar-refractivity contribution in [3.63, 3.8) is 0 Å². The molecule has 23 heavy (non-hydrogen) atoms. The van der Waals surface area contributed by atoms with E-state index in [4.69, 9.17) is 15.2 Å². The number of hydrogen-bond donors (Lipinski definition) is 3. The number of nitrogens with one attached hydrogen (secondary N) is 2. The third-order valence-corrected chi connectivity index (χ3v) is 3.21. The van der Waals surface area contributed by atoms with Crippen LogP contribution in [-0.4, -0.2) is 19.9 Å². The molecule has 0 saturated heterocycles. The van der Waals surface area contributed by atoms with Gasteiger partial charge in [0, 0.05) is 13.1 Å². The topological polar surface area (TPSA) is 85.6 Å². The molecule has 4 N–H and O–H groups in total. The molecular formula is C17H21N3O3. The van der Waals surface area contributed by atoms with Gasteiger partial charge in [0.1, 0.15) is 0 Å². The van der Waals surface area contributed by atoms with Gasteiger partial charge in [0.25, 0.3) is 0 Å². The molecule has 2 amide bonds. The zero-order chi connectivity index (χ0) is 16.5. The fourth-order valence-corrected chi connectivity index (χ4v) is 2.03. The highest BCUT2D eigenvalue weighted by molar-refractivity contribution is 5.73. The summed E-state index contributed by atoms with van der Waals surface area (Å²) in [5, 5.41) is 5.39. The molecule has 0 bridgehead atoms. The van der Waals surface area contributed by atoms with E-state index >= 15 is 0 Å². The predicted molar refractivity (Wildman–Crippen MR) is 88.2 cm³/mol. The van der Waals surface area contributed by atoms with E-state index in [9.17, 15) is 4.79 Å². The summed E-state index contributed by atoms with van der Waals surface area (Å²) in [6, 6.07) is 14.7. The molecule has 2 rings (SSSR count). The predicted octanol–water partition coefficient (Wildman–Crippen LogP) is 1.99. The molecule has 0 fully saturated rings. The molecule has 0 aliphatic rings. The first kappa shape index (κ1) is 16.6. The van der Waals surface area contributed by atoms with Gasteiger partial charge < -0.3 is 25.8 Å². The van der Waals surface area contributed by atoms with Crippen LogP contribution in [0.4, 0.5) is 4.79 Å². The van der Waals surface area contributed by atoms with Gasteiger partial charge in [0.05, 0.1) is 7.11 Å². The molecule has 2 aromatic carbocycles. The van der Waals surface area contributed by atoms with Crippen LogP contribution in [0.2, 0.25) is 0 Å². The zero-order valence-electron chi connectivity index (χ0n) is 13.0. The Morgan fingerprint density at radius 2 is 1.78 bits per heavy atom. The van der Waals surface area contributed by atoms with Gasteiger partial charge in [-0.1, -0.05) is 36.4 Å². The number of carbonyl (C=O) groups excluding carboxylic acids is 1. The van der Waals surface area contributed by atoms with Crippen molar-refractivity contribution >= 4 is 6.03 Å². The van der Waals surface area contributed by atoms with E-state index < -0.39 is 0 Å². The summed E-state index contributed by atoms with van der Waals surface area (Å²) in [7, 11) is 1.57. The second-order valence-electron chi connectivity index (χ2n) is 4.82. The Labute approximate surface area is 135 Å². The number of rotatable bonds is 7. The molecule has 0 aliphatic carbocycles. The SMILES string of the molecule is COc1ccccc1OCNC(=O)NCc1cccc(CN)c1. The van der Waals surface area contributed by atoms with Crippen molar-refractivity contribution in [2.75, 3.05) is 13.8 Å². The maximum absolute atomic E-state index is 11.8. The van der Waals surface area contributed by atoms with Crippen LogP contribution in [0.5, 0.6) is 11.5 Å². The van der Waals surface area contributed by atoms with E-state index in [-0.39, 0.29) is 12.8 Å². The van der Waals surface area contributed by atoms with Crippen LogP contribution in [0.1, 0.15) is 11.1 Å². The van der Waals surface area contributed by atoms with Crippen LogP contribution in [0.25, 0.3) is 0 Å². The second kappa shape index (κ2) is 8.65. The molecule has 0 spiro atoms. The molecule has 0 aliphatic heterocycles. The minimum absolute atomic E-state index is 0.0506. The van der Waals surface area contributed by atoms with Crippen LogP contribution in [0.15, 0.2) is 48.5 Å². The largest absolute Gasteiger partial charge is 0.493 e. The molecule has 0 radical (unpaired) electrons. The van der Waals surface area contributed by atoms with Gasteiger partial charge in [-0.2, -0.15) is 0 Å². The quantitative estimate of drug-likeness (QED) is 0.682. The number of methoxy groups -OCH3 is 1. The van der Waals surface area contributed by atoms with Gasteiger partial charge in [-0.25, -0.2) is 4.79 Å². The molecule has 0 saturated carbocycles. The smallest absolute Gasteiger partial charge is 0.317 e. The molecule has 6 heteroatoms. The average Bonchev–Trinajstić information content (AvgIpc) is 2.60. The number of carbonyl (C=O) groups is 1. The molecule has 2 aromatic rings. The minimum atomic E-state index is -0.307. The van der Waals surface area contributed by atoms with Gasteiger partial charge in [0.2, 0.25) is 0 Å². The lowest BCUT2D eigenvalue weighted by atomic mass is 10.1. The van der Waals surface area contributed by atoms with Gasteiger partial charge >= 0.3 is 6.03 Å². The highest BCUT2D eigenvalue weighted by atomic mass is 16.5. The molecule has 0 heterocycles. The summed E-state index contributed by atoms with van der Waals surface area (Å²) in [4.78, 5) is 11.8. The fraction of sp³-hybridized carbons (Fsp3) is 0.235. The molecule has 0 aromatic heterocycles. The van der Waals surface area contributed by atoms with Crippen LogP contribution in [0.3, 0.4) is 0 Å². The second-order valence-corrected chi connectivity index (χ2v) is 4.82. The van der Waals surface area contributed by atoms with Gasteiger partial charge in [-0.3, -0.25) is 0 Å². The Bertz CT molecular complexity index is 646. The Kier molecular flexibility index (Phi) is 6.26. The van der Waals surface area contributed by atoms with E-state index in [1.807, 2.05) is 36.4 Å². The average molecular weight is 315 g/mol. The first-order valence-electron chi connectivity index (χ1n) is 7.28. The van der Waals surface area contributed by atoms with Crippen molar-refractivity contribution < 1.29 is 14.3 Å². The van der Waals surface area contributed by atoms with Crippen LogP contribution in [0, 0.1) is 0 Å². The van der Waals surface area contributed by atoms with E-state index in [1.54, 1.807) is 19.2 Å². The summed E-state index contributed by atoms with van der Waals surface area (Å²) in [6.45, 7) is 0.955. The number of para-hydroxylation sites is 2. The number of benzene rings is 2. The number of amides is 2. The van der Waals surface area contributed by atoms with Crippen molar-refractivity contribution in [1.82, 2.24) is 10.6 Å². The van der Waals surface area contributed by atoms with Gasteiger partial charge in [-0.15, -0.1) is 0 Å². The lowest BCUT2D eigenvalue weighted by molar-refractivity contribution is 0.221. The van der Waals surface area contributed by atoms with E-state index in [2.05, 4.69) is 10.6 Å². The van der Waals surface area contributed by atoms with Gasteiger partial charge in [0.15, 0.2) is 18.2 Å². The normalized spacial score (nSPS) is 10.0. The molecule has 122 valence electrons. The summed E-state index contributed by atoms with van der Waals surface area (Å²) >= 11 is 0. The third-order valence-electron chi connectivity index (χ3n) is 3.21. The monoisotopic (exact) mass is 315 g/mol. The van der Waals surface area contributed by atoms with E-state index in [1.165, 1.54) is 0 Å². The summed E-state index contributed by atoms with van der Waals surface area (Å²) in [6.07, 6.45) is 0. The van der Waals surface area contributed by atoms with Crippen molar-refractivity contribution in [3.05, 3.63) is 59.7 Å². The lowest BCUT2D eigenvalue weighted by Crippen LogP contribution is -2.37. The Morgan fingerprint density at radius 3 is 2.52 bits per heavy atom. The summed E-state index contributed by atoms with van der Waals surface area (Å²) in [5.41, 5.74) is 7.62. The summed E-state index contributed by atoms with van der Waals surface area (Å²) < 4.78 is 10.6. The lowest BCUT2D eigenvalue weighted by Gasteiger charge is -2.12. The molecule has 0 atom stereocenters. The first-order valence-corrected chi connectivity index (χ1v) is 7.28. The Balaban J connectivity index is 1.74. The number of urea groups is 1. The van der Waals surface area contributed by atoms with Gasteiger partial charge in [-0.05, 0) is 23.3 Å². The molecule has 6 nitrogen and oxygen atoms in total. The van der Waals surface area contributed by atoms with Crippen molar-refractivity contribution in [2.45, 2.75) is 13.1 Å². The highest BCUT2D eigenvalue weighted by Crippen LogP contribution is 2.25. The maximum atomic E-state index is 11.8. The number of nitrogens with two attached hydrogens (primary N) is 1. The van der Waals surface area contributed by atoms with E-state index in [0.717, 1.165) is 11.1 Å². The van der Waals surface area contributed by atoms with Crippen LogP contribution < -0.4 is 25.8 Å². The fourth-order valence-electron chi connectivity index (χ4n) is 2.03. The Morgan fingerprint density at radius 1 is 1.04 bits per heavy atom. The maximum Gasteiger partial charge on any atom is 0.317 e. The van der Waals surface area contributed by atoms with Crippen molar-refractivity contribution in [2.24, 2.45) is 5.73 Å². The van der Waals surface area contributed by atoms with Crippen LogP contribution in [-0.2, 0) is 13.1 Å². The zero-order valence-corrected chi connectivity index (χ0v) is 13.0. The Hall–Kier alpha value is -2.73. The third kappa shape index (κ3) is 5.19. The summed E-state index contributed by atoms with van der Waals surface area (Å²) in [5.74, 6) is 1.19. The molecular weight excluding hydrogens is 294 g/mol. The van der Waals surface area contributed by atoms with Crippen LogP contribution >= 0.6 is 0 Å².